The predicted molar refractivity (Wildman–Crippen MR) is 261 cm³/mol. The van der Waals surface area contributed by atoms with Crippen LogP contribution in [0.2, 0.25) is 0 Å². The highest BCUT2D eigenvalue weighted by molar-refractivity contribution is 5.71. The maximum absolute atomic E-state index is 12.8. The van der Waals surface area contributed by atoms with E-state index in [9.17, 15) is 14.4 Å². The lowest BCUT2D eigenvalue weighted by molar-refractivity contribution is -0.167. The second kappa shape index (κ2) is 49.5. The lowest BCUT2D eigenvalue weighted by Crippen LogP contribution is -2.30. The van der Waals surface area contributed by atoms with Crippen LogP contribution in [-0.2, 0) is 28.6 Å². The molecule has 0 aromatic rings. The van der Waals surface area contributed by atoms with Gasteiger partial charge in [-0.2, -0.15) is 0 Å². The van der Waals surface area contributed by atoms with Gasteiger partial charge in [0.25, 0.3) is 0 Å². The van der Waals surface area contributed by atoms with Crippen molar-refractivity contribution in [2.24, 2.45) is 0 Å². The molecule has 0 radical (unpaired) electrons. The van der Waals surface area contributed by atoms with Gasteiger partial charge in [-0.05, 0) is 109 Å². The molecule has 0 saturated heterocycles. The Labute approximate surface area is 376 Å². The lowest BCUT2D eigenvalue weighted by Gasteiger charge is -2.18. The fraction of sp³-hybridized carbons (Fsp3) is 0.727. The molecule has 0 bridgehead atoms. The second-order valence-corrected chi connectivity index (χ2v) is 16.7. The zero-order valence-electron chi connectivity index (χ0n) is 39.9. The first-order valence-electron chi connectivity index (χ1n) is 25.4. The number of hydrogen-bond acceptors (Lipinski definition) is 6. The zero-order chi connectivity index (χ0) is 44.4. The van der Waals surface area contributed by atoms with Crippen molar-refractivity contribution in [2.45, 2.75) is 245 Å². The highest BCUT2D eigenvalue weighted by Crippen LogP contribution is 2.13. The Morgan fingerprint density at radius 3 is 1.03 bits per heavy atom. The Kier molecular flexibility index (Phi) is 46.9. The fourth-order valence-corrected chi connectivity index (χ4v) is 6.78. The molecule has 0 saturated carbocycles. The summed E-state index contributed by atoms with van der Waals surface area (Å²) in [5.74, 6) is -0.976. The molecule has 350 valence electrons. The highest BCUT2D eigenvalue weighted by Gasteiger charge is 2.19. The number of hydrogen-bond donors (Lipinski definition) is 0. The first-order chi connectivity index (χ1) is 30.0. The Hall–Kier alpha value is -3.15. The molecule has 0 amide bonds. The molecular weight excluding hydrogens is 757 g/mol. The first kappa shape index (κ1) is 57.9. The van der Waals surface area contributed by atoms with Crippen LogP contribution in [0.5, 0.6) is 0 Å². The highest BCUT2D eigenvalue weighted by atomic mass is 16.6. The van der Waals surface area contributed by atoms with Gasteiger partial charge in [0.05, 0.1) is 0 Å². The summed E-state index contributed by atoms with van der Waals surface area (Å²) in [6, 6.07) is 0. The van der Waals surface area contributed by atoms with E-state index in [0.29, 0.717) is 19.3 Å². The van der Waals surface area contributed by atoms with Crippen molar-refractivity contribution in [3.8, 4) is 0 Å². The number of carbonyl (C=O) groups excluding carboxylic acids is 3. The quantitative estimate of drug-likeness (QED) is 0.0263. The van der Waals surface area contributed by atoms with Gasteiger partial charge in [-0.3, -0.25) is 14.4 Å². The van der Waals surface area contributed by atoms with Crippen LogP contribution >= 0.6 is 0 Å². The van der Waals surface area contributed by atoms with E-state index in [0.717, 1.165) is 83.5 Å². The Morgan fingerprint density at radius 2 is 0.607 bits per heavy atom. The number of ether oxygens (including phenoxy) is 3. The van der Waals surface area contributed by atoms with E-state index in [1.165, 1.54) is 109 Å². The van der Waals surface area contributed by atoms with Crippen LogP contribution in [0.25, 0.3) is 0 Å². The summed E-state index contributed by atoms with van der Waals surface area (Å²) in [6.07, 6.45) is 61.7. The average molecular weight is 851 g/mol. The lowest BCUT2D eigenvalue weighted by atomic mass is 10.1. The maximum Gasteiger partial charge on any atom is 0.306 e. The summed E-state index contributed by atoms with van der Waals surface area (Å²) in [6.45, 7) is 6.51. The van der Waals surface area contributed by atoms with Gasteiger partial charge in [-0.15, -0.1) is 0 Å². The SMILES string of the molecule is CCCCCC=CCC=CCC=CCC=CCCCC(=O)OCC(COC(=O)CCCCCCCC=CCCCCCC)OC(=O)CCCCCCCC=CCCCCCC. The molecule has 0 aliphatic carbocycles. The second-order valence-electron chi connectivity index (χ2n) is 16.7. The number of esters is 3. The third-order valence-electron chi connectivity index (χ3n) is 10.7. The van der Waals surface area contributed by atoms with E-state index < -0.39 is 6.10 Å². The van der Waals surface area contributed by atoms with Gasteiger partial charge in [0, 0.05) is 19.3 Å². The van der Waals surface area contributed by atoms with E-state index in [2.05, 4.69) is 93.7 Å². The van der Waals surface area contributed by atoms with E-state index in [1.54, 1.807) is 0 Å². The molecule has 1 unspecified atom stereocenters. The van der Waals surface area contributed by atoms with E-state index in [1.807, 2.05) is 0 Å². The van der Waals surface area contributed by atoms with Crippen LogP contribution in [-0.4, -0.2) is 37.2 Å². The largest absolute Gasteiger partial charge is 0.462 e. The van der Waals surface area contributed by atoms with E-state index in [4.69, 9.17) is 14.2 Å². The third-order valence-corrected chi connectivity index (χ3v) is 10.7. The molecule has 0 aliphatic rings. The Morgan fingerprint density at radius 1 is 0.328 bits per heavy atom. The molecule has 1 atom stereocenters. The first-order valence-corrected chi connectivity index (χ1v) is 25.4. The number of rotatable bonds is 45. The molecular formula is C55H94O6. The topological polar surface area (TPSA) is 78.9 Å². The minimum atomic E-state index is -0.803. The van der Waals surface area contributed by atoms with Crippen molar-refractivity contribution in [1.29, 1.82) is 0 Å². The zero-order valence-corrected chi connectivity index (χ0v) is 39.9. The van der Waals surface area contributed by atoms with Crippen LogP contribution < -0.4 is 0 Å². The standard InChI is InChI=1S/C55H94O6/c1-4-7-10-13-16-19-22-25-26-27-28-31-33-36-39-42-45-48-54(57)60-51-52(61-55(58)49-46-43-40-37-34-30-24-21-18-15-12-9-6-3)50-59-53(56)47-44-41-38-35-32-29-23-20-17-14-11-8-5-2/h16,19-21,23-26,28,31,36,39,52H,4-15,17-18,22,27,29-30,32-35,37-38,40-51H2,1-3H3. The van der Waals surface area contributed by atoms with Gasteiger partial charge in [-0.1, -0.05) is 184 Å². The monoisotopic (exact) mass is 851 g/mol. The van der Waals surface area contributed by atoms with Crippen molar-refractivity contribution in [2.75, 3.05) is 13.2 Å². The smallest absolute Gasteiger partial charge is 0.306 e. The van der Waals surface area contributed by atoms with Crippen molar-refractivity contribution < 1.29 is 28.6 Å². The molecule has 0 rings (SSSR count). The Balaban J connectivity index is 4.49. The summed E-state index contributed by atoms with van der Waals surface area (Å²) in [5.41, 5.74) is 0. The number of carbonyl (C=O) groups is 3. The van der Waals surface area contributed by atoms with Crippen LogP contribution in [0.1, 0.15) is 239 Å². The molecule has 0 aromatic heterocycles. The van der Waals surface area contributed by atoms with Crippen molar-refractivity contribution >= 4 is 17.9 Å². The fourth-order valence-electron chi connectivity index (χ4n) is 6.78. The summed E-state index contributed by atoms with van der Waals surface area (Å²) in [4.78, 5) is 37.9. The van der Waals surface area contributed by atoms with E-state index in [-0.39, 0.29) is 37.5 Å². The number of allylic oxidation sites excluding steroid dienone is 12. The van der Waals surface area contributed by atoms with Gasteiger partial charge in [0.1, 0.15) is 13.2 Å². The van der Waals surface area contributed by atoms with Crippen LogP contribution in [0.4, 0.5) is 0 Å². The molecule has 0 fully saturated rings. The normalized spacial score (nSPS) is 12.6. The van der Waals surface area contributed by atoms with Crippen LogP contribution in [0.15, 0.2) is 72.9 Å². The Bertz CT molecular complexity index is 1160. The van der Waals surface area contributed by atoms with Crippen LogP contribution in [0.3, 0.4) is 0 Å². The van der Waals surface area contributed by atoms with Gasteiger partial charge in [-0.25, -0.2) is 0 Å². The molecule has 0 spiro atoms. The molecule has 6 nitrogen and oxygen atoms in total. The van der Waals surface area contributed by atoms with Gasteiger partial charge in [0.15, 0.2) is 6.10 Å². The summed E-state index contributed by atoms with van der Waals surface area (Å²) < 4.78 is 16.7. The molecule has 0 N–H and O–H groups in total. The third kappa shape index (κ3) is 47.7. The average Bonchev–Trinajstić information content (AvgIpc) is 3.26. The molecule has 0 aromatic carbocycles. The van der Waals surface area contributed by atoms with Crippen molar-refractivity contribution in [3.63, 3.8) is 0 Å². The van der Waals surface area contributed by atoms with Gasteiger partial charge in [0.2, 0.25) is 0 Å². The minimum Gasteiger partial charge on any atom is -0.462 e. The van der Waals surface area contributed by atoms with Crippen LogP contribution in [0, 0.1) is 0 Å². The molecule has 0 heterocycles. The van der Waals surface area contributed by atoms with Crippen molar-refractivity contribution in [3.05, 3.63) is 72.9 Å². The summed E-state index contributed by atoms with van der Waals surface area (Å²) in [5, 5.41) is 0. The van der Waals surface area contributed by atoms with Crippen molar-refractivity contribution in [1.82, 2.24) is 0 Å². The number of unbranched alkanes of at least 4 members (excludes halogenated alkanes) is 22. The maximum atomic E-state index is 12.8. The van der Waals surface area contributed by atoms with Gasteiger partial charge < -0.3 is 14.2 Å². The molecule has 0 aliphatic heterocycles. The van der Waals surface area contributed by atoms with E-state index >= 15 is 0 Å². The molecule has 61 heavy (non-hydrogen) atoms. The van der Waals surface area contributed by atoms with Gasteiger partial charge >= 0.3 is 17.9 Å². The minimum absolute atomic E-state index is 0.100. The molecule has 6 heteroatoms. The summed E-state index contributed by atoms with van der Waals surface area (Å²) in [7, 11) is 0. The summed E-state index contributed by atoms with van der Waals surface area (Å²) >= 11 is 0. The predicted octanol–water partition coefficient (Wildman–Crippen LogP) is 16.6.